The zero-order valence-corrected chi connectivity index (χ0v) is 66.2. The predicted molar refractivity (Wildman–Crippen MR) is 491 cm³/mol. The van der Waals surface area contributed by atoms with Gasteiger partial charge in [0.2, 0.25) is 0 Å². The summed E-state index contributed by atoms with van der Waals surface area (Å²) in [6.45, 7) is 6.17. The molecule has 562 valence electrons. The van der Waals surface area contributed by atoms with Gasteiger partial charge in [-0.25, -0.2) is 0 Å². The number of nitrogens with one attached hydrogen (secondary N) is 1. The highest BCUT2D eigenvalue weighted by Crippen LogP contribution is 2.48. The molecule has 0 aliphatic carbocycles. The van der Waals surface area contributed by atoms with E-state index in [0.717, 1.165) is 198 Å². The van der Waals surface area contributed by atoms with Crippen molar-refractivity contribution in [3.05, 3.63) is 430 Å². The lowest BCUT2D eigenvalue weighted by Crippen LogP contribution is -2.57. The number of nitrogens with zero attached hydrogens (tertiary/aromatic N) is 2. The maximum atomic E-state index is 17.2. The van der Waals surface area contributed by atoms with Crippen molar-refractivity contribution in [3.63, 3.8) is 0 Å². The largest absolute Gasteiger partial charge is 0.497 e. The van der Waals surface area contributed by atoms with E-state index in [1.54, 1.807) is 7.11 Å². The number of hydrogen-bond donors (Lipinski definition) is 1. The molecular formula is C111H86N3O2P. The van der Waals surface area contributed by atoms with Crippen LogP contribution in [0.2, 0.25) is 0 Å². The fraction of sp³-hybridized carbons (Fsp3) is 0.0811. The molecule has 0 radical (unpaired) electrons. The van der Waals surface area contributed by atoms with Crippen LogP contribution in [0.1, 0.15) is 34.8 Å². The zero-order valence-electron chi connectivity index (χ0n) is 65.3. The van der Waals surface area contributed by atoms with Crippen LogP contribution in [0.5, 0.6) is 5.75 Å². The minimum Gasteiger partial charge on any atom is -0.497 e. The Hall–Kier alpha value is -13.7. The number of hydrogen-bond acceptors (Lipinski definition) is 4. The Bertz CT molecular complexity index is 5640. The summed E-state index contributed by atoms with van der Waals surface area (Å²) in [6.07, 6.45) is 6.04. The van der Waals surface area contributed by atoms with Crippen molar-refractivity contribution in [1.29, 1.82) is 0 Å². The third-order valence-electron chi connectivity index (χ3n) is 23.8. The van der Waals surface area contributed by atoms with Crippen LogP contribution < -0.4 is 26.0 Å². The van der Waals surface area contributed by atoms with Crippen molar-refractivity contribution in [3.8, 4) is 139 Å². The van der Waals surface area contributed by atoms with Gasteiger partial charge in [0.1, 0.15) is 5.75 Å². The topological polar surface area (TPSA) is 54.5 Å². The normalized spacial score (nSPS) is 15.2. The molecule has 20 rings (SSSR count). The van der Waals surface area contributed by atoms with Crippen LogP contribution in [0.25, 0.3) is 144 Å². The fourth-order valence-electron chi connectivity index (χ4n) is 17.9. The second-order valence-corrected chi connectivity index (χ2v) is 33.2. The standard InChI is InChI=1S/C111H86N3O2P/c1-3-75-74-114-53-51-84(75)72-108(114)110(104-50-52-112-107-49-48-101(116-2)73-106(104)107)113-111(115)105-46-28-29-47-109(105)117(102-68-97(93-58-85(76-30-12-4-13-31-76)54-86(59-93)77-32-14-5-15-33-77)66-98(69-102)94-60-87(78-34-16-6-17-35-78)55-88(61-94)79-36-18-7-19-37-79)103-70-99(95-62-89(80-38-20-8-21-39-80)56-90(63-95)81-40-22-9-23-41-81)67-100(71-103)96-64-91(82-42-24-10-25-43-82)57-92(65-96)83-44-26-11-27-45-83/h3-50,52,54-71,73,75,84,108,110H,1,51,53,72,74H2,2H3,(H,113,115)/t75-,84-,108-,110+/m0/s1. The molecule has 3 saturated heterocycles. The molecule has 1 N–H and O–H groups in total. The molecule has 117 heavy (non-hydrogen) atoms. The second-order valence-electron chi connectivity index (χ2n) is 31.0. The number of rotatable bonds is 21. The molecule has 17 aromatic rings. The van der Waals surface area contributed by atoms with E-state index in [1.165, 1.54) is 0 Å². The number of benzene rings is 16. The van der Waals surface area contributed by atoms with Crippen LogP contribution in [0.15, 0.2) is 419 Å². The number of carbonyl (C=O) groups is 1. The zero-order chi connectivity index (χ0) is 78.5. The predicted octanol–water partition coefficient (Wildman–Crippen LogP) is 26.4. The summed E-state index contributed by atoms with van der Waals surface area (Å²) in [5, 5.41) is 7.93. The number of aromatic nitrogens is 1. The number of pyridine rings is 1. The molecule has 5 atom stereocenters. The van der Waals surface area contributed by atoms with E-state index in [4.69, 9.17) is 9.72 Å². The summed E-state index contributed by atoms with van der Waals surface area (Å²) < 4.78 is 5.98. The molecule has 3 aliphatic rings. The first kappa shape index (κ1) is 73.5. The van der Waals surface area contributed by atoms with Crippen LogP contribution in [0, 0.1) is 11.8 Å². The highest BCUT2D eigenvalue weighted by atomic mass is 31.1. The minimum atomic E-state index is -1.79. The smallest absolute Gasteiger partial charge is 0.252 e. The molecule has 5 nitrogen and oxygen atoms in total. The van der Waals surface area contributed by atoms with Gasteiger partial charge in [-0.05, 0) is 334 Å². The maximum Gasteiger partial charge on any atom is 0.252 e. The molecule has 0 spiro atoms. The van der Waals surface area contributed by atoms with Gasteiger partial charge in [-0.3, -0.25) is 14.7 Å². The lowest BCUT2D eigenvalue weighted by molar-refractivity contribution is 0.00171. The van der Waals surface area contributed by atoms with E-state index < -0.39 is 14.0 Å². The van der Waals surface area contributed by atoms with Crippen molar-refractivity contribution in [2.24, 2.45) is 11.8 Å². The number of methoxy groups -OCH3 is 1. The monoisotopic (exact) mass is 1520 g/mol. The van der Waals surface area contributed by atoms with Crippen molar-refractivity contribution in [2.45, 2.75) is 24.9 Å². The molecule has 1 amide bonds. The third kappa shape index (κ3) is 15.6. The van der Waals surface area contributed by atoms with E-state index in [-0.39, 0.29) is 11.9 Å². The van der Waals surface area contributed by atoms with Gasteiger partial charge in [0, 0.05) is 29.7 Å². The van der Waals surface area contributed by atoms with Crippen LogP contribution in [0.4, 0.5) is 0 Å². The Morgan fingerprint density at radius 2 is 0.692 bits per heavy atom. The molecule has 4 heterocycles. The Balaban J connectivity index is 0.912. The van der Waals surface area contributed by atoms with E-state index in [0.29, 0.717) is 17.4 Å². The van der Waals surface area contributed by atoms with Gasteiger partial charge >= 0.3 is 0 Å². The quantitative estimate of drug-likeness (QED) is 0.0575. The summed E-state index contributed by atoms with van der Waals surface area (Å²) >= 11 is 0. The Labute approximate surface area is 687 Å². The summed E-state index contributed by atoms with van der Waals surface area (Å²) in [5.41, 5.74) is 28.7. The molecule has 3 aliphatic heterocycles. The van der Waals surface area contributed by atoms with Gasteiger partial charge in [-0.15, -0.1) is 6.58 Å². The van der Waals surface area contributed by atoms with Crippen molar-refractivity contribution >= 4 is 40.6 Å². The second kappa shape index (κ2) is 33.0. The van der Waals surface area contributed by atoms with Gasteiger partial charge in [-0.1, -0.05) is 267 Å². The molecular weight excluding hydrogens is 1440 g/mol. The third-order valence-corrected chi connectivity index (χ3v) is 26.2. The Morgan fingerprint density at radius 3 is 1.00 bits per heavy atom. The number of fused-ring (bicyclic) bond motifs is 4. The number of carbonyl (C=O) groups excluding carboxylic acids is 1. The van der Waals surface area contributed by atoms with Crippen LogP contribution in [-0.4, -0.2) is 42.0 Å². The maximum absolute atomic E-state index is 17.2. The van der Waals surface area contributed by atoms with Crippen molar-refractivity contribution in [2.75, 3.05) is 20.2 Å². The Morgan fingerprint density at radius 1 is 0.385 bits per heavy atom. The number of amides is 1. The van der Waals surface area contributed by atoms with E-state index in [9.17, 15) is 0 Å². The summed E-state index contributed by atoms with van der Waals surface area (Å²) in [5.74, 6) is 1.37. The average molecular weight is 1520 g/mol. The van der Waals surface area contributed by atoms with Crippen LogP contribution >= 0.6 is 7.92 Å². The van der Waals surface area contributed by atoms with Crippen molar-refractivity contribution in [1.82, 2.24) is 15.2 Å². The SMILES string of the molecule is C=C[C@H]1CN2CC[C@H]1C[C@H]2[C@H](NC(=O)c1ccccc1P(c1cc(-c2cc(-c3ccccc3)cc(-c3ccccc3)c2)cc(-c2cc(-c3ccccc3)cc(-c3ccccc3)c2)c1)c1cc(-c2cc(-c3ccccc3)cc(-c3ccccc3)c2)cc(-c2cc(-c3ccccc3)cc(-c3ccccc3)c2)c1)c1ccnc2ccc(OC)cc12. The molecule has 1 aromatic heterocycles. The van der Waals surface area contributed by atoms with Gasteiger partial charge in [-0.2, -0.15) is 0 Å². The minimum absolute atomic E-state index is 0.0208. The van der Waals surface area contributed by atoms with Gasteiger partial charge in [0.05, 0.1) is 18.7 Å². The average Bonchev–Trinajstić information content (AvgIpc) is 0.754. The van der Waals surface area contributed by atoms with E-state index in [2.05, 4.69) is 411 Å². The molecule has 0 saturated carbocycles. The van der Waals surface area contributed by atoms with Crippen LogP contribution in [0.3, 0.4) is 0 Å². The molecule has 6 heteroatoms. The van der Waals surface area contributed by atoms with E-state index >= 15 is 4.79 Å². The molecule has 1 unspecified atom stereocenters. The van der Waals surface area contributed by atoms with E-state index in [1.807, 2.05) is 18.3 Å². The van der Waals surface area contributed by atoms with Gasteiger partial charge in [0.15, 0.2) is 0 Å². The van der Waals surface area contributed by atoms with Gasteiger partial charge < -0.3 is 10.1 Å². The van der Waals surface area contributed by atoms with Crippen LogP contribution in [-0.2, 0) is 0 Å². The summed E-state index contributed by atoms with van der Waals surface area (Å²) in [6, 6.07) is 146. The molecule has 16 aromatic carbocycles. The first-order valence-corrected chi connectivity index (χ1v) is 41.9. The highest BCUT2D eigenvalue weighted by molar-refractivity contribution is 7.80. The lowest BCUT2D eigenvalue weighted by Gasteiger charge is -2.51. The first-order chi connectivity index (χ1) is 57.7. The lowest BCUT2D eigenvalue weighted by atomic mass is 9.73. The Kier molecular flexibility index (Phi) is 20.8. The highest BCUT2D eigenvalue weighted by Gasteiger charge is 2.44. The number of ether oxygens (including phenoxy) is 1. The van der Waals surface area contributed by atoms with Gasteiger partial charge in [0.25, 0.3) is 5.91 Å². The fourth-order valence-corrected chi connectivity index (χ4v) is 20.4. The molecule has 2 bridgehead atoms. The van der Waals surface area contributed by atoms with Crippen molar-refractivity contribution < 1.29 is 9.53 Å². The molecule has 3 fully saturated rings. The number of piperidine rings is 3. The summed E-state index contributed by atoms with van der Waals surface area (Å²) in [7, 11) is -0.0745. The summed E-state index contributed by atoms with van der Waals surface area (Å²) in [4.78, 5) is 24.8. The first-order valence-electron chi connectivity index (χ1n) is 40.6.